The first kappa shape index (κ1) is 11.7. The van der Waals surface area contributed by atoms with Crippen LogP contribution >= 0.6 is 0 Å². The molecule has 0 saturated heterocycles. The Balaban J connectivity index is 2.99. The fraction of sp³-hybridized carbons (Fsp3) is 0.417. The van der Waals surface area contributed by atoms with Gasteiger partial charge < -0.3 is 4.74 Å². The van der Waals surface area contributed by atoms with Crippen LogP contribution < -0.4 is 0 Å². The second kappa shape index (κ2) is 4.91. The molecule has 1 aromatic rings. The van der Waals surface area contributed by atoms with E-state index in [1.807, 2.05) is 13.8 Å². The molecule has 0 aliphatic carbocycles. The zero-order valence-electron chi connectivity index (χ0n) is 9.16. The molecule has 0 radical (unpaired) electrons. The van der Waals surface area contributed by atoms with Crippen molar-refractivity contribution in [3.8, 4) is 0 Å². The monoisotopic (exact) mass is 210 g/mol. The van der Waals surface area contributed by atoms with Gasteiger partial charge in [0.1, 0.15) is 5.82 Å². The van der Waals surface area contributed by atoms with Gasteiger partial charge in [-0.25, -0.2) is 4.39 Å². The molecule has 1 rings (SSSR count). The zero-order chi connectivity index (χ0) is 11.4. The molecule has 0 aliphatic rings. The third-order valence-corrected chi connectivity index (χ3v) is 2.35. The zero-order valence-corrected chi connectivity index (χ0v) is 9.16. The third-order valence-electron chi connectivity index (χ3n) is 2.35. The van der Waals surface area contributed by atoms with Crippen LogP contribution in [0, 0.1) is 11.7 Å². The van der Waals surface area contributed by atoms with Gasteiger partial charge in [0, 0.05) is 0 Å². The molecular weight excluding hydrogens is 195 g/mol. The fourth-order valence-corrected chi connectivity index (χ4v) is 1.59. The smallest absolute Gasteiger partial charge is 0.313 e. The summed E-state index contributed by atoms with van der Waals surface area (Å²) in [7, 11) is 1.36. The van der Waals surface area contributed by atoms with Crippen molar-refractivity contribution >= 4 is 5.97 Å². The highest BCUT2D eigenvalue weighted by molar-refractivity contribution is 5.78. The van der Waals surface area contributed by atoms with Crippen LogP contribution in [0.15, 0.2) is 24.3 Å². The number of carbonyl (C=O) groups is 1. The van der Waals surface area contributed by atoms with Crippen LogP contribution in [0.1, 0.15) is 25.3 Å². The molecule has 2 nitrogen and oxygen atoms in total. The maximum Gasteiger partial charge on any atom is 0.313 e. The van der Waals surface area contributed by atoms with Gasteiger partial charge >= 0.3 is 5.97 Å². The number of benzene rings is 1. The molecule has 0 fully saturated rings. The first-order chi connectivity index (χ1) is 7.06. The summed E-state index contributed by atoms with van der Waals surface area (Å²) in [5.41, 5.74) is 0.790. The van der Waals surface area contributed by atoms with E-state index in [0.717, 1.165) is 5.56 Å². The molecular formula is C12H15FO2. The second-order valence-corrected chi connectivity index (χ2v) is 3.80. The summed E-state index contributed by atoms with van der Waals surface area (Å²) in [5.74, 6) is -0.777. The third kappa shape index (κ3) is 2.78. The van der Waals surface area contributed by atoms with Gasteiger partial charge in [-0.15, -0.1) is 0 Å². The summed E-state index contributed by atoms with van der Waals surface area (Å²) in [4.78, 5) is 11.5. The minimum atomic E-state index is -0.324. The number of ether oxygens (including phenoxy) is 1. The van der Waals surface area contributed by atoms with Gasteiger partial charge in [-0.05, 0) is 23.6 Å². The molecule has 1 aromatic carbocycles. The van der Waals surface area contributed by atoms with E-state index in [9.17, 15) is 9.18 Å². The Bertz CT molecular complexity index is 330. The molecule has 15 heavy (non-hydrogen) atoms. The van der Waals surface area contributed by atoms with E-state index >= 15 is 0 Å². The van der Waals surface area contributed by atoms with Crippen molar-refractivity contribution < 1.29 is 13.9 Å². The Morgan fingerprint density at radius 2 is 1.80 bits per heavy atom. The highest BCUT2D eigenvalue weighted by atomic mass is 19.1. The fourth-order valence-electron chi connectivity index (χ4n) is 1.59. The number of hydrogen-bond donors (Lipinski definition) is 0. The Morgan fingerprint density at radius 3 is 2.20 bits per heavy atom. The summed E-state index contributed by atoms with van der Waals surface area (Å²) in [6.45, 7) is 3.87. The first-order valence-corrected chi connectivity index (χ1v) is 4.89. The van der Waals surface area contributed by atoms with Crippen molar-refractivity contribution in [2.75, 3.05) is 7.11 Å². The Kier molecular flexibility index (Phi) is 3.83. The van der Waals surface area contributed by atoms with Crippen LogP contribution in [0.4, 0.5) is 4.39 Å². The standard InChI is InChI=1S/C12H15FO2/c1-8(2)11(12(14)15-3)9-4-6-10(13)7-5-9/h4-8,11H,1-3H3/t11-/m1/s1. The highest BCUT2D eigenvalue weighted by Gasteiger charge is 2.24. The SMILES string of the molecule is COC(=O)[C@@H](c1ccc(F)cc1)C(C)C. The lowest BCUT2D eigenvalue weighted by Gasteiger charge is -2.18. The predicted octanol–water partition coefficient (Wildman–Crippen LogP) is 2.74. The van der Waals surface area contributed by atoms with Crippen molar-refractivity contribution in [1.29, 1.82) is 0 Å². The summed E-state index contributed by atoms with van der Waals surface area (Å²) in [6, 6.07) is 5.95. The van der Waals surface area contributed by atoms with Gasteiger partial charge in [0.15, 0.2) is 0 Å². The van der Waals surface area contributed by atoms with Crippen molar-refractivity contribution in [3.63, 3.8) is 0 Å². The Morgan fingerprint density at radius 1 is 1.27 bits per heavy atom. The number of esters is 1. The maximum atomic E-state index is 12.7. The van der Waals surface area contributed by atoms with Crippen LogP contribution in [0.3, 0.4) is 0 Å². The average Bonchev–Trinajstić information content (AvgIpc) is 2.20. The lowest BCUT2D eigenvalue weighted by molar-refractivity contribution is -0.143. The minimum absolute atomic E-state index is 0.128. The normalized spacial score (nSPS) is 12.6. The molecule has 0 unspecified atom stereocenters. The lowest BCUT2D eigenvalue weighted by Crippen LogP contribution is -2.19. The van der Waals surface area contributed by atoms with E-state index in [4.69, 9.17) is 4.74 Å². The Labute approximate surface area is 89.1 Å². The van der Waals surface area contributed by atoms with E-state index in [-0.39, 0.29) is 23.6 Å². The van der Waals surface area contributed by atoms with Crippen molar-refractivity contribution in [2.24, 2.45) is 5.92 Å². The summed E-state index contributed by atoms with van der Waals surface area (Å²) >= 11 is 0. The summed E-state index contributed by atoms with van der Waals surface area (Å²) in [6.07, 6.45) is 0. The minimum Gasteiger partial charge on any atom is -0.469 e. The van der Waals surface area contributed by atoms with Gasteiger partial charge in [-0.1, -0.05) is 26.0 Å². The molecule has 3 heteroatoms. The summed E-state index contributed by atoms with van der Waals surface area (Å²) in [5, 5.41) is 0. The first-order valence-electron chi connectivity index (χ1n) is 4.89. The Hall–Kier alpha value is -1.38. The molecule has 0 N–H and O–H groups in total. The van der Waals surface area contributed by atoms with E-state index in [0.29, 0.717) is 0 Å². The van der Waals surface area contributed by atoms with Crippen LogP contribution in [0.5, 0.6) is 0 Å². The lowest BCUT2D eigenvalue weighted by atomic mass is 9.88. The molecule has 0 aliphatic heterocycles. The van der Waals surface area contributed by atoms with Gasteiger partial charge in [-0.2, -0.15) is 0 Å². The number of halogens is 1. The molecule has 1 atom stereocenters. The molecule has 0 saturated carbocycles. The predicted molar refractivity (Wildman–Crippen MR) is 56.0 cm³/mol. The van der Waals surface area contributed by atoms with E-state index < -0.39 is 0 Å². The van der Waals surface area contributed by atoms with E-state index in [1.54, 1.807) is 12.1 Å². The van der Waals surface area contributed by atoms with Crippen LogP contribution in [0.2, 0.25) is 0 Å². The van der Waals surface area contributed by atoms with Gasteiger partial charge in [0.2, 0.25) is 0 Å². The molecule has 82 valence electrons. The van der Waals surface area contributed by atoms with Gasteiger partial charge in [0.25, 0.3) is 0 Å². The maximum absolute atomic E-state index is 12.7. The largest absolute Gasteiger partial charge is 0.469 e. The van der Waals surface area contributed by atoms with Gasteiger partial charge in [-0.3, -0.25) is 4.79 Å². The van der Waals surface area contributed by atoms with Crippen LogP contribution in [-0.4, -0.2) is 13.1 Å². The average molecular weight is 210 g/mol. The highest BCUT2D eigenvalue weighted by Crippen LogP contribution is 2.25. The number of hydrogen-bond acceptors (Lipinski definition) is 2. The van der Waals surface area contributed by atoms with Gasteiger partial charge in [0.05, 0.1) is 13.0 Å². The molecule has 0 amide bonds. The molecule has 0 aromatic heterocycles. The van der Waals surface area contributed by atoms with Crippen LogP contribution in [0.25, 0.3) is 0 Å². The van der Waals surface area contributed by atoms with Crippen molar-refractivity contribution in [3.05, 3.63) is 35.6 Å². The number of carbonyl (C=O) groups excluding carboxylic acids is 1. The van der Waals surface area contributed by atoms with E-state index in [2.05, 4.69) is 0 Å². The quantitative estimate of drug-likeness (QED) is 0.717. The topological polar surface area (TPSA) is 26.3 Å². The molecule has 0 heterocycles. The molecule has 0 spiro atoms. The van der Waals surface area contributed by atoms with Crippen molar-refractivity contribution in [2.45, 2.75) is 19.8 Å². The summed E-state index contributed by atoms with van der Waals surface area (Å²) < 4.78 is 17.4. The number of rotatable bonds is 3. The van der Waals surface area contributed by atoms with Crippen molar-refractivity contribution in [1.82, 2.24) is 0 Å². The second-order valence-electron chi connectivity index (χ2n) is 3.80. The number of methoxy groups -OCH3 is 1. The van der Waals surface area contributed by atoms with Crippen LogP contribution in [-0.2, 0) is 9.53 Å². The molecule has 0 bridgehead atoms. The van der Waals surface area contributed by atoms with E-state index in [1.165, 1.54) is 19.2 Å².